The van der Waals surface area contributed by atoms with Gasteiger partial charge in [0, 0.05) is 25.3 Å². The summed E-state index contributed by atoms with van der Waals surface area (Å²) in [5, 5.41) is 33.7. The molecule has 0 saturated heterocycles. The molecule has 5 nitrogen and oxygen atoms in total. The number of rotatable bonds is 12. The van der Waals surface area contributed by atoms with Gasteiger partial charge in [0.25, 0.3) is 0 Å². The van der Waals surface area contributed by atoms with Gasteiger partial charge >= 0.3 is 6.18 Å². The Bertz CT molecular complexity index is 825. The lowest BCUT2D eigenvalue weighted by molar-refractivity contribution is -0.137. The Morgan fingerprint density at radius 3 is 2.71 bits per heavy atom. The number of aliphatic hydroxyl groups is 3. The fourth-order valence-corrected chi connectivity index (χ4v) is 4.31. The molecule has 0 bridgehead atoms. The van der Waals surface area contributed by atoms with E-state index in [2.05, 4.69) is 5.32 Å². The predicted octanol–water partition coefficient (Wildman–Crippen LogP) is 4.17. The molecular formula is C26H36F3NO4. The molecular weight excluding hydrogens is 447 g/mol. The third kappa shape index (κ3) is 9.24. The highest BCUT2D eigenvalue weighted by Gasteiger charge is 2.39. The van der Waals surface area contributed by atoms with Gasteiger partial charge in [0.2, 0.25) is 5.91 Å². The number of carbonyl (C=O) groups is 1. The van der Waals surface area contributed by atoms with Gasteiger partial charge in [-0.05, 0) is 56.6 Å². The number of halogens is 3. The van der Waals surface area contributed by atoms with Crippen molar-refractivity contribution >= 4 is 5.91 Å². The summed E-state index contributed by atoms with van der Waals surface area (Å²) in [6, 6.07) is 5.06. The monoisotopic (exact) mass is 483 g/mol. The molecule has 1 amide bonds. The lowest BCUT2D eigenvalue weighted by Crippen LogP contribution is -2.21. The van der Waals surface area contributed by atoms with E-state index in [-0.39, 0.29) is 37.0 Å². The Morgan fingerprint density at radius 1 is 1.24 bits per heavy atom. The van der Waals surface area contributed by atoms with Crippen molar-refractivity contribution in [2.75, 3.05) is 6.54 Å². The maximum absolute atomic E-state index is 12.8. The van der Waals surface area contributed by atoms with Crippen molar-refractivity contribution in [3.8, 4) is 0 Å². The number of amides is 1. The molecule has 4 N–H and O–H groups in total. The molecule has 34 heavy (non-hydrogen) atoms. The molecule has 1 fully saturated rings. The largest absolute Gasteiger partial charge is 0.416 e. The molecule has 1 aliphatic rings. The lowest BCUT2D eigenvalue weighted by atomic mass is 9.89. The topological polar surface area (TPSA) is 89.8 Å². The van der Waals surface area contributed by atoms with Gasteiger partial charge in [0.15, 0.2) is 0 Å². The molecule has 0 spiro atoms. The molecule has 1 saturated carbocycles. The van der Waals surface area contributed by atoms with Crippen molar-refractivity contribution in [1.29, 1.82) is 0 Å². The van der Waals surface area contributed by atoms with E-state index in [1.807, 2.05) is 19.1 Å². The van der Waals surface area contributed by atoms with E-state index in [4.69, 9.17) is 0 Å². The highest BCUT2D eigenvalue weighted by atomic mass is 19.4. The summed E-state index contributed by atoms with van der Waals surface area (Å²) in [6.45, 7) is 2.49. The molecule has 2 rings (SSSR count). The fourth-order valence-electron chi connectivity index (χ4n) is 4.31. The van der Waals surface area contributed by atoms with E-state index < -0.39 is 30.1 Å². The van der Waals surface area contributed by atoms with E-state index in [0.29, 0.717) is 24.9 Å². The summed E-state index contributed by atoms with van der Waals surface area (Å²) in [6.07, 6.45) is 3.84. The van der Waals surface area contributed by atoms with Crippen molar-refractivity contribution in [1.82, 2.24) is 5.32 Å². The van der Waals surface area contributed by atoms with Crippen molar-refractivity contribution in [3.63, 3.8) is 0 Å². The van der Waals surface area contributed by atoms with Gasteiger partial charge in [-0.15, -0.1) is 0 Å². The molecule has 0 heterocycles. The van der Waals surface area contributed by atoms with Crippen LogP contribution in [0.15, 0.2) is 48.6 Å². The average molecular weight is 484 g/mol. The third-order valence-electron chi connectivity index (χ3n) is 6.18. The average Bonchev–Trinajstić information content (AvgIpc) is 3.05. The second kappa shape index (κ2) is 13.7. The summed E-state index contributed by atoms with van der Waals surface area (Å²) >= 11 is 0. The summed E-state index contributed by atoms with van der Waals surface area (Å²) in [5.74, 6) is -0.484. The van der Waals surface area contributed by atoms with Gasteiger partial charge in [-0.25, -0.2) is 0 Å². The number of hydrogen-bond donors (Lipinski definition) is 4. The molecule has 8 heteroatoms. The number of allylic oxidation sites excluding steroid dienone is 2. The Labute approximate surface area is 199 Å². The lowest BCUT2D eigenvalue weighted by Gasteiger charge is -2.19. The Kier molecular flexibility index (Phi) is 11.3. The van der Waals surface area contributed by atoms with Crippen LogP contribution in [-0.2, 0) is 17.4 Å². The number of hydrogen-bond acceptors (Lipinski definition) is 4. The van der Waals surface area contributed by atoms with E-state index in [0.717, 1.165) is 25.0 Å². The SMILES string of the molecule is CCNC(=O)CCC/C=C\C[C@@H]1[C@@H](/C=C/[C@H](O)CCc2cccc(C(F)(F)F)c2)[C@H](O)C[C@@H]1O. The highest BCUT2D eigenvalue weighted by Crippen LogP contribution is 2.36. The standard InChI is InChI=1S/C26H36F3NO4/c1-2-30-25(34)11-6-4-3-5-10-21-22(24(33)17-23(21)32)15-14-20(31)13-12-18-8-7-9-19(16-18)26(27,28)29/h3,5,7-9,14-16,20-24,31-33H,2,4,6,10-13,17H2,1H3,(H,30,34)/b5-3-,15-14+/t20-,21-,22-,23+,24-/m1/s1. The van der Waals surface area contributed by atoms with Crippen molar-refractivity contribution < 1.29 is 33.3 Å². The maximum atomic E-state index is 12.8. The van der Waals surface area contributed by atoms with Crippen LogP contribution in [0, 0.1) is 11.8 Å². The Hall–Kier alpha value is -2.16. The predicted molar refractivity (Wildman–Crippen MR) is 125 cm³/mol. The third-order valence-corrected chi connectivity index (χ3v) is 6.18. The molecule has 1 aromatic rings. The first kappa shape index (κ1) is 28.1. The molecule has 190 valence electrons. The van der Waals surface area contributed by atoms with E-state index in [1.54, 1.807) is 18.2 Å². The number of alkyl halides is 3. The van der Waals surface area contributed by atoms with E-state index >= 15 is 0 Å². The highest BCUT2D eigenvalue weighted by molar-refractivity contribution is 5.75. The first-order chi connectivity index (χ1) is 16.1. The molecule has 1 aliphatic carbocycles. The Morgan fingerprint density at radius 2 is 2.00 bits per heavy atom. The fraction of sp³-hybridized carbons (Fsp3) is 0.577. The van der Waals surface area contributed by atoms with Crippen LogP contribution in [0.25, 0.3) is 0 Å². The number of aliphatic hydroxyl groups excluding tert-OH is 3. The smallest absolute Gasteiger partial charge is 0.393 e. The van der Waals surface area contributed by atoms with Crippen LogP contribution < -0.4 is 5.32 Å². The van der Waals surface area contributed by atoms with Crippen molar-refractivity contribution in [2.24, 2.45) is 11.8 Å². The minimum Gasteiger partial charge on any atom is -0.393 e. The normalized spacial score (nSPS) is 24.2. The van der Waals surface area contributed by atoms with Crippen molar-refractivity contribution in [3.05, 3.63) is 59.7 Å². The number of benzene rings is 1. The van der Waals surface area contributed by atoms with Crippen LogP contribution in [0.3, 0.4) is 0 Å². The summed E-state index contributed by atoms with van der Waals surface area (Å²) in [5.41, 5.74) is -0.216. The molecule has 0 unspecified atom stereocenters. The first-order valence-corrected chi connectivity index (χ1v) is 11.9. The van der Waals surface area contributed by atoms with Crippen molar-refractivity contribution in [2.45, 2.75) is 76.4 Å². The van der Waals surface area contributed by atoms with E-state index in [9.17, 15) is 33.3 Å². The van der Waals surface area contributed by atoms with Crippen LogP contribution in [0.1, 0.15) is 56.6 Å². The van der Waals surface area contributed by atoms with Gasteiger partial charge < -0.3 is 20.6 Å². The van der Waals surface area contributed by atoms with Crippen LogP contribution in [0.4, 0.5) is 13.2 Å². The summed E-state index contributed by atoms with van der Waals surface area (Å²) < 4.78 is 38.5. The zero-order chi connectivity index (χ0) is 25.1. The molecule has 0 radical (unpaired) electrons. The second-order valence-corrected chi connectivity index (χ2v) is 8.85. The van der Waals surface area contributed by atoms with Gasteiger partial charge in [-0.3, -0.25) is 4.79 Å². The van der Waals surface area contributed by atoms with E-state index in [1.165, 1.54) is 6.07 Å². The number of nitrogens with one attached hydrogen (secondary N) is 1. The molecule has 1 aromatic carbocycles. The molecule has 0 aromatic heterocycles. The summed E-state index contributed by atoms with van der Waals surface area (Å²) in [4.78, 5) is 11.4. The quantitative estimate of drug-likeness (QED) is 0.265. The second-order valence-electron chi connectivity index (χ2n) is 8.85. The van der Waals surface area contributed by atoms with Crippen LogP contribution in [-0.4, -0.2) is 46.1 Å². The molecule has 5 atom stereocenters. The first-order valence-electron chi connectivity index (χ1n) is 11.9. The van der Waals surface area contributed by atoms with Crippen LogP contribution in [0.5, 0.6) is 0 Å². The summed E-state index contributed by atoms with van der Waals surface area (Å²) in [7, 11) is 0. The van der Waals surface area contributed by atoms with Gasteiger partial charge in [-0.2, -0.15) is 13.2 Å². The zero-order valence-corrected chi connectivity index (χ0v) is 19.5. The Balaban J connectivity index is 1.84. The number of carbonyl (C=O) groups excluding carboxylic acids is 1. The van der Waals surface area contributed by atoms with Gasteiger partial charge in [-0.1, -0.05) is 42.5 Å². The minimum absolute atomic E-state index is 0.0297. The van der Waals surface area contributed by atoms with Crippen LogP contribution in [0.2, 0.25) is 0 Å². The zero-order valence-electron chi connectivity index (χ0n) is 19.5. The van der Waals surface area contributed by atoms with Crippen LogP contribution >= 0.6 is 0 Å². The molecule has 0 aliphatic heterocycles. The number of aryl methyl sites for hydroxylation is 1. The van der Waals surface area contributed by atoms with Gasteiger partial charge in [0.05, 0.1) is 23.9 Å². The maximum Gasteiger partial charge on any atom is 0.416 e. The minimum atomic E-state index is -4.40. The van der Waals surface area contributed by atoms with Gasteiger partial charge in [0.1, 0.15) is 0 Å². The number of unbranched alkanes of at least 4 members (excludes halogenated alkanes) is 1.